The fourth-order valence-electron chi connectivity index (χ4n) is 1.33. The molecular formula is C14H9F2N. The molecule has 0 radical (unpaired) electrons. The van der Waals surface area contributed by atoms with Crippen molar-refractivity contribution in [2.24, 2.45) is 0 Å². The predicted molar refractivity (Wildman–Crippen MR) is 63.2 cm³/mol. The highest BCUT2D eigenvalue weighted by Gasteiger charge is 1.99. The molecule has 2 aromatic rings. The SMILES string of the molecule is Nc1cccc(C#Cc2ccc(F)c(F)c2)c1. The zero-order valence-electron chi connectivity index (χ0n) is 8.87. The molecule has 2 rings (SSSR count). The summed E-state index contributed by atoms with van der Waals surface area (Å²) in [6.07, 6.45) is 0. The zero-order chi connectivity index (χ0) is 12.3. The Morgan fingerprint density at radius 3 is 2.18 bits per heavy atom. The van der Waals surface area contributed by atoms with E-state index in [-0.39, 0.29) is 0 Å². The topological polar surface area (TPSA) is 26.0 Å². The molecule has 17 heavy (non-hydrogen) atoms. The first kappa shape index (κ1) is 11.2. The van der Waals surface area contributed by atoms with Gasteiger partial charge in [0.25, 0.3) is 0 Å². The standard InChI is InChI=1S/C14H9F2N/c15-13-7-6-11(9-14(13)16)5-4-10-2-1-3-12(17)8-10/h1-3,6-9H,17H2. The number of hydrogen-bond donors (Lipinski definition) is 1. The number of anilines is 1. The number of rotatable bonds is 0. The molecule has 0 saturated carbocycles. The first-order valence-electron chi connectivity index (χ1n) is 4.98. The Bertz CT molecular complexity index is 609. The van der Waals surface area contributed by atoms with Crippen LogP contribution in [0.3, 0.4) is 0 Å². The van der Waals surface area contributed by atoms with Crippen molar-refractivity contribution in [3.63, 3.8) is 0 Å². The molecule has 1 nitrogen and oxygen atoms in total. The number of benzene rings is 2. The second-order valence-electron chi connectivity index (χ2n) is 3.50. The molecule has 0 saturated heterocycles. The minimum absolute atomic E-state index is 0.423. The van der Waals surface area contributed by atoms with Crippen LogP contribution < -0.4 is 5.73 Å². The number of nitrogens with two attached hydrogens (primary N) is 1. The fraction of sp³-hybridized carbons (Fsp3) is 0. The van der Waals surface area contributed by atoms with Crippen molar-refractivity contribution in [3.05, 3.63) is 65.2 Å². The quantitative estimate of drug-likeness (QED) is 0.545. The maximum absolute atomic E-state index is 12.9. The van der Waals surface area contributed by atoms with Gasteiger partial charge in [-0.05, 0) is 36.4 Å². The average Bonchev–Trinajstić information content (AvgIpc) is 2.31. The Balaban J connectivity index is 2.30. The molecule has 2 N–H and O–H groups in total. The molecule has 0 unspecified atom stereocenters. The van der Waals surface area contributed by atoms with Crippen LogP contribution in [0.15, 0.2) is 42.5 Å². The van der Waals surface area contributed by atoms with Gasteiger partial charge in [0.1, 0.15) is 0 Å². The molecule has 0 aromatic heterocycles. The fourth-order valence-corrected chi connectivity index (χ4v) is 1.33. The van der Waals surface area contributed by atoms with Crippen LogP contribution in [0.1, 0.15) is 11.1 Å². The highest BCUT2D eigenvalue weighted by Crippen LogP contribution is 2.08. The van der Waals surface area contributed by atoms with Crippen LogP contribution in [-0.2, 0) is 0 Å². The minimum Gasteiger partial charge on any atom is -0.399 e. The number of nitrogen functional groups attached to an aromatic ring is 1. The van der Waals surface area contributed by atoms with Gasteiger partial charge in [-0.3, -0.25) is 0 Å². The lowest BCUT2D eigenvalue weighted by Crippen LogP contribution is -1.86. The molecule has 2 aromatic carbocycles. The Labute approximate surface area is 97.9 Å². The summed E-state index contributed by atoms with van der Waals surface area (Å²) >= 11 is 0. The van der Waals surface area contributed by atoms with E-state index in [1.165, 1.54) is 6.07 Å². The molecule has 84 valence electrons. The van der Waals surface area contributed by atoms with Crippen molar-refractivity contribution >= 4 is 5.69 Å². The Morgan fingerprint density at radius 1 is 0.824 bits per heavy atom. The van der Waals surface area contributed by atoms with E-state index in [1.807, 2.05) is 0 Å². The molecular weight excluding hydrogens is 220 g/mol. The Morgan fingerprint density at radius 2 is 1.53 bits per heavy atom. The second kappa shape index (κ2) is 4.67. The normalized spacial score (nSPS) is 9.53. The van der Waals surface area contributed by atoms with E-state index >= 15 is 0 Å². The van der Waals surface area contributed by atoms with E-state index in [0.29, 0.717) is 11.3 Å². The summed E-state index contributed by atoms with van der Waals surface area (Å²) in [5, 5.41) is 0. The summed E-state index contributed by atoms with van der Waals surface area (Å²) in [6, 6.07) is 10.6. The van der Waals surface area contributed by atoms with Crippen LogP contribution in [0.25, 0.3) is 0 Å². The molecule has 3 heteroatoms. The van der Waals surface area contributed by atoms with E-state index in [0.717, 1.165) is 17.7 Å². The van der Waals surface area contributed by atoms with Gasteiger partial charge in [0.15, 0.2) is 11.6 Å². The average molecular weight is 229 g/mol. The van der Waals surface area contributed by atoms with E-state index < -0.39 is 11.6 Å². The van der Waals surface area contributed by atoms with Crippen molar-refractivity contribution < 1.29 is 8.78 Å². The van der Waals surface area contributed by atoms with Crippen molar-refractivity contribution in [3.8, 4) is 11.8 Å². The van der Waals surface area contributed by atoms with Gasteiger partial charge in [-0.15, -0.1) is 0 Å². The Hall–Kier alpha value is -2.34. The number of halogens is 2. The van der Waals surface area contributed by atoms with Gasteiger partial charge < -0.3 is 5.73 Å². The van der Waals surface area contributed by atoms with Crippen LogP contribution in [0, 0.1) is 23.5 Å². The van der Waals surface area contributed by atoms with Crippen LogP contribution >= 0.6 is 0 Å². The molecule has 0 aliphatic rings. The summed E-state index contributed by atoms with van der Waals surface area (Å²) in [5.74, 6) is 3.80. The third-order valence-electron chi connectivity index (χ3n) is 2.16. The summed E-state index contributed by atoms with van der Waals surface area (Å²) in [5.41, 5.74) is 7.36. The van der Waals surface area contributed by atoms with Gasteiger partial charge in [-0.2, -0.15) is 0 Å². The molecule has 0 fully saturated rings. The van der Waals surface area contributed by atoms with Gasteiger partial charge in [-0.1, -0.05) is 17.9 Å². The van der Waals surface area contributed by atoms with Crippen LogP contribution in [0.5, 0.6) is 0 Å². The molecule has 0 spiro atoms. The predicted octanol–water partition coefficient (Wildman–Crippen LogP) is 2.95. The molecule has 0 atom stereocenters. The van der Waals surface area contributed by atoms with E-state index in [1.54, 1.807) is 24.3 Å². The highest BCUT2D eigenvalue weighted by molar-refractivity contribution is 5.49. The summed E-state index contributed by atoms with van der Waals surface area (Å²) in [4.78, 5) is 0. The Kier molecular flexibility index (Phi) is 3.06. The third-order valence-corrected chi connectivity index (χ3v) is 2.16. The summed E-state index contributed by atoms with van der Waals surface area (Å²) in [6.45, 7) is 0. The van der Waals surface area contributed by atoms with Crippen molar-refractivity contribution in [1.29, 1.82) is 0 Å². The van der Waals surface area contributed by atoms with Crippen LogP contribution in [0.4, 0.5) is 14.5 Å². The highest BCUT2D eigenvalue weighted by atomic mass is 19.2. The lowest BCUT2D eigenvalue weighted by Gasteiger charge is -1.94. The maximum atomic E-state index is 12.9. The van der Waals surface area contributed by atoms with Crippen molar-refractivity contribution in [1.82, 2.24) is 0 Å². The molecule has 0 aliphatic carbocycles. The lowest BCUT2D eigenvalue weighted by atomic mass is 10.1. The first-order chi connectivity index (χ1) is 8.15. The van der Waals surface area contributed by atoms with Gasteiger partial charge in [0.05, 0.1) is 0 Å². The smallest absolute Gasteiger partial charge is 0.160 e. The van der Waals surface area contributed by atoms with Crippen LogP contribution in [0.2, 0.25) is 0 Å². The summed E-state index contributed by atoms with van der Waals surface area (Å²) in [7, 11) is 0. The van der Waals surface area contributed by atoms with Gasteiger partial charge in [0.2, 0.25) is 0 Å². The molecule has 0 bridgehead atoms. The van der Waals surface area contributed by atoms with Gasteiger partial charge in [-0.25, -0.2) is 8.78 Å². The zero-order valence-corrected chi connectivity index (χ0v) is 8.87. The van der Waals surface area contributed by atoms with Crippen molar-refractivity contribution in [2.45, 2.75) is 0 Å². The monoisotopic (exact) mass is 229 g/mol. The summed E-state index contributed by atoms with van der Waals surface area (Å²) < 4.78 is 25.6. The molecule has 0 aliphatic heterocycles. The second-order valence-corrected chi connectivity index (χ2v) is 3.50. The van der Waals surface area contributed by atoms with Gasteiger partial charge in [0, 0.05) is 16.8 Å². The largest absolute Gasteiger partial charge is 0.399 e. The van der Waals surface area contributed by atoms with Gasteiger partial charge >= 0.3 is 0 Å². The number of hydrogen-bond acceptors (Lipinski definition) is 1. The van der Waals surface area contributed by atoms with E-state index in [4.69, 9.17) is 5.73 Å². The lowest BCUT2D eigenvalue weighted by molar-refractivity contribution is 0.508. The molecule has 0 heterocycles. The van der Waals surface area contributed by atoms with Crippen LogP contribution in [-0.4, -0.2) is 0 Å². The maximum Gasteiger partial charge on any atom is 0.160 e. The van der Waals surface area contributed by atoms with Crippen molar-refractivity contribution in [2.75, 3.05) is 5.73 Å². The van der Waals surface area contributed by atoms with E-state index in [9.17, 15) is 8.78 Å². The minimum atomic E-state index is -0.899. The van der Waals surface area contributed by atoms with E-state index in [2.05, 4.69) is 11.8 Å². The third kappa shape index (κ3) is 2.82. The first-order valence-corrected chi connectivity index (χ1v) is 4.98. The molecule has 0 amide bonds.